The standard InChI is InChI=1S/C14H15N5O2/c15-12-13(16-7-10-3-1-5-20-10)18-9-19-14(12)17-8-11-4-2-6-21-11/h1-6,9H,7-8,15H2,(H2,16,17,18,19). The maximum atomic E-state index is 6.05. The van der Waals surface area contributed by atoms with Crippen molar-refractivity contribution >= 4 is 17.3 Å². The first-order valence-electron chi connectivity index (χ1n) is 6.46. The van der Waals surface area contributed by atoms with Crippen molar-refractivity contribution in [1.82, 2.24) is 9.97 Å². The third-order valence-corrected chi connectivity index (χ3v) is 2.90. The zero-order chi connectivity index (χ0) is 14.5. The van der Waals surface area contributed by atoms with Gasteiger partial charge >= 0.3 is 0 Å². The summed E-state index contributed by atoms with van der Waals surface area (Å²) in [7, 11) is 0. The molecule has 21 heavy (non-hydrogen) atoms. The Morgan fingerprint density at radius 2 is 1.43 bits per heavy atom. The molecule has 3 rings (SSSR count). The van der Waals surface area contributed by atoms with Crippen LogP contribution in [0.25, 0.3) is 0 Å². The molecule has 7 heteroatoms. The maximum Gasteiger partial charge on any atom is 0.155 e. The highest BCUT2D eigenvalue weighted by atomic mass is 16.3. The minimum atomic E-state index is 0.454. The monoisotopic (exact) mass is 285 g/mol. The first kappa shape index (κ1) is 13.0. The SMILES string of the molecule is Nc1c(NCc2ccco2)ncnc1NCc1ccco1. The van der Waals surface area contributed by atoms with Gasteiger partial charge in [-0.05, 0) is 24.3 Å². The molecule has 0 radical (unpaired) electrons. The van der Waals surface area contributed by atoms with Gasteiger partial charge < -0.3 is 25.2 Å². The number of nitrogens with zero attached hydrogens (tertiary/aromatic N) is 2. The summed E-state index contributed by atoms with van der Waals surface area (Å²) in [6.45, 7) is 1.01. The zero-order valence-corrected chi connectivity index (χ0v) is 11.2. The van der Waals surface area contributed by atoms with Crippen molar-refractivity contribution in [1.29, 1.82) is 0 Å². The molecule has 0 amide bonds. The van der Waals surface area contributed by atoms with E-state index < -0.39 is 0 Å². The van der Waals surface area contributed by atoms with Crippen molar-refractivity contribution in [3.05, 3.63) is 54.6 Å². The molecule has 0 fully saturated rings. The van der Waals surface area contributed by atoms with E-state index in [0.717, 1.165) is 11.5 Å². The smallest absolute Gasteiger partial charge is 0.155 e. The van der Waals surface area contributed by atoms with E-state index >= 15 is 0 Å². The molecule has 0 aliphatic rings. The van der Waals surface area contributed by atoms with Gasteiger partial charge in [-0.2, -0.15) is 0 Å². The second-order valence-corrected chi connectivity index (χ2v) is 4.35. The molecular weight excluding hydrogens is 270 g/mol. The highest BCUT2D eigenvalue weighted by molar-refractivity contribution is 5.73. The third-order valence-electron chi connectivity index (χ3n) is 2.90. The molecule has 0 saturated carbocycles. The number of hydrogen-bond donors (Lipinski definition) is 3. The van der Waals surface area contributed by atoms with Crippen LogP contribution in [0.15, 0.2) is 52.0 Å². The Morgan fingerprint density at radius 3 is 1.86 bits per heavy atom. The Kier molecular flexibility index (Phi) is 3.72. The van der Waals surface area contributed by atoms with Crippen LogP contribution in [0.2, 0.25) is 0 Å². The molecule has 0 aliphatic carbocycles. The van der Waals surface area contributed by atoms with Crippen LogP contribution >= 0.6 is 0 Å². The van der Waals surface area contributed by atoms with Crippen LogP contribution in [0.4, 0.5) is 17.3 Å². The van der Waals surface area contributed by atoms with Crippen molar-refractivity contribution in [3.8, 4) is 0 Å². The molecule has 108 valence electrons. The summed E-state index contributed by atoms with van der Waals surface area (Å²) in [6.07, 6.45) is 4.69. The fourth-order valence-electron chi connectivity index (χ4n) is 1.85. The minimum absolute atomic E-state index is 0.454. The first-order valence-corrected chi connectivity index (χ1v) is 6.46. The highest BCUT2D eigenvalue weighted by Crippen LogP contribution is 2.23. The Bertz CT molecular complexity index is 623. The van der Waals surface area contributed by atoms with Crippen LogP contribution in [-0.4, -0.2) is 9.97 Å². The van der Waals surface area contributed by atoms with E-state index in [2.05, 4.69) is 20.6 Å². The van der Waals surface area contributed by atoms with E-state index in [0.29, 0.717) is 30.4 Å². The lowest BCUT2D eigenvalue weighted by Gasteiger charge is -2.11. The molecule has 4 N–H and O–H groups in total. The van der Waals surface area contributed by atoms with Gasteiger partial charge in [-0.15, -0.1) is 0 Å². The Labute approximate surface area is 121 Å². The van der Waals surface area contributed by atoms with Crippen molar-refractivity contribution in [2.75, 3.05) is 16.4 Å². The van der Waals surface area contributed by atoms with E-state index in [1.165, 1.54) is 6.33 Å². The summed E-state index contributed by atoms with van der Waals surface area (Å²) in [6, 6.07) is 7.41. The number of nitrogens with one attached hydrogen (secondary N) is 2. The quantitative estimate of drug-likeness (QED) is 0.639. The Balaban J connectivity index is 1.66. The largest absolute Gasteiger partial charge is 0.467 e. The number of anilines is 3. The van der Waals surface area contributed by atoms with Crippen molar-refractivity contribution < 1.29 is 8.83 Å². The molecule has 0 unspecified atom stereocenters. The van der Waals surface area contributed by atoms with Crippen LogP contribution in [0.3, 0.4) is 0 Å². The fourth-order valence-corrected chi connectivity index (χ4v) is 1.85. The van der Waals surface area contributed by atoms with Crippen LogP contribution in [0.5, 0.6) is 0 Å². The van der Waals surface area contributed by atoms with Gasteiger partial charge in [0.15, 0.2) is 11.6 Å². The lowest BCUT2D eigenvalue weighted by atomic mass is 10.4. The summed E-state index contributed by atoms with van der Waals surface area (Å²) < 4.78 is 10.5. The lowest BCUT2D eigenvalue weighted by Crippen LogP contribution is -2.09. The van der Waals surface area contributed by atoms with Gasteiger partial charge in [0.25, 0.3) is 0 Å². The number of hydrogen-bond acceptors (Lipinski definition) is 7. The maximum absolute atomic E-state index is 6.05. The van der Waals surface area contributed by atoms with Crippen molar-refractivity contribution in [3.63, 3.8) is 0 Å². The van der Waals surface area contributed by atoms with E-state index in [1.807, 2.05) is 24.3 Å². The number of nitrogen functional groups attached to an aromatic ring is 1. The van der Waals surface area contributed by atoms with Gasteiger partial charge in [0, 0.05) is 0 Å². The molecule has 0 bridgehead atoms. The molecule has 3 aromatic rings. The molecule has 0 saturated heterocycles. The number of rotatable bonds is 6. The van der Waals surface area contributed by atoms with Crippen LogP contribution < -0.4 is 16.4 Å². The summed E-state index contributed by atoms with van der Waals surface area (Å²) in [5, 5.41) is 6.23. The van der Waals surface area contributed by atoms with E-state index in [9.17, 15) is 0 Å². The normalized spacial score (nSPS) is 10.5. The number of aromatic nitrogens is 2. The first-order chi connectivity index (χ1) is 10.3. The lowest BCUT2D eigenvalue weighted by molar-refractivity contribution is 0.517. The van der Waals surface area contributed by atoms with E-state index in [-0.39, 0.29) is 0 Å². The Hall–Kier alpha value is -2.96. The molecule has 0 aromatic carbocycles. The zero-order valence-electron chi connectivity index (χ0n) is 11.2. The van der Waals surface area contributed by atoms with Crippen LogP contribution in [0.1, 0.15) is 11.5 Å². The van der Waals surface area contributed by atoms with Gasteiger partial charge in [-0.1, -0.05) is 0 Å². The van der Waals surface area contributed by atoms with Crippen molar-refractivity contribution in [2.45, 2.75) is 13.1 Å². The topological polar surface area (TPSA) is 102 Å². The molecule has 0 aliphatic heterocycles. The number of furan rings is 2. The molecular formula is C14H15N5O2. The van der Waals surface area contributed by atoms with Gasteiger partial charge in [0.2, 0.25) is 0 Å². The summed E-state index contributed by atoms with van der Waals surface area (Å²) in [5.41, 5.74) is 6.51. The molecule has 0 atom stereocenters. The minimum Gasteiger partial charge on any atom is -0.467 e. The second-order valence-electron chi connectivity index (χ2n) is 4.35. The third kappa shape index (κ3) is 3.14. The van der Waals surface area contributed by atoms with Crippen LogP contribution in [0, 0.1) is 0 Å². The fraction of sp³-hybridized carbons (Fsp3) is 0.143. The van der Waals surface area contributed by atoms with Gasteiger partial charge in [0.05, 0.1) is 25.6 Å². The highest BCUT2D eigenvalue weighted by Gasteiger charge is 2.08. The molecule has 7 nitrogen and oxygen atoms in total. The predicted molar refractivity (Wildman–Crippen MR) is 78.5 cm³/mol. The molecule has 3 aromatic heterocycles. The second kappa shape index (κ2) is 6.00. The summed E-state index contributed by atoms with van der Waals surface area (Å²) in [5.74, 6) is 2.72. The van der Waals surface area contributed by atoms with Gasteiger partial charge in [-0.25, -0.2) is 9.97 Å². The van der Waals surface area contributed by atoms with E-state index in [1.54, 1.807) is 12.5 Å². The van der Waals surface area contributed by atoms with Gasteiger partial charge in [0.1, 0.15) is 23.5 Å². The molecule has 0 spiro atoms. The van der Waals surface area contributed by atoms with Gasteiger partial charge in [-0.3, -0.25) is 0 Å². The average Bonchev–Trinajstić information content (AvgIpc) is 3.18. The summed E-state index contributed by atoms with van der Waals surface area (Å²) in [4.78, 5) is 8.26. The van der Waals surface area contributed by atoms with Crippen LogP contribution in [-0.2, 0) is 13.1 Å². The summed E-state index contributed by atoms with van der Waals surface area (Å²) >= 11 is 0. The average molecular weight is 285 g/mol. The molecule has 3 heterocycles. The van der Waals surface area contributed by atoms with Crippen molar-refractivity contribution in [2.24, 2.45) is 0 Å². The number of nitrogens with two attached hydrogens (primary N) is 1. The van der Waals surface area contributed by atoms with E-state index in [4.69, 9.17) is 14.6 Å². The predicted octanol–water partition coefficient (Wildman–Crippen LogP) is 2.47. The Morgan fingerprint density at radius 1 is 0.905 bits per heavy atom.